The first-order valence-corrected chi connectivity index (χ1v) is 29.0. The van der Waals surface area contributed by atoms with E-state index in [9.17, 15) is 24.3 Å². The number of likely N-dealkylation sites (tertiary alicyclic amines) is 1. The highest BCUT2D eigenvalue weighted by molar-refractivity contribution is 7.10. The van der Waals surface area contributed by atoms with Crippen LogP contribution in [0, 0.1) is 17.6 Å². The average Bonchev–Trinajstić information content (AvgIpc) is 4.31. The Balaban J connectivity index is 0.729. The largest absolute Gasteiger partial charge is 0.507 e. The van der Waals surface area contributed by atoms with Gasteiger partial charge in [-0.25, -0.2) is 23.5 Å². The number of phenols is 1. The summed E-state index contributed by atoms with van der Waals surface area (Å²) in [5.74, 6) is -1.57. The lowest BCUT2D eigenvalue weighted by molar-refractivity contribution is -0.139. The first-order valence-electron chi connectivity index (χ1n) is 27.7. The third-order valence-corrected chi connectivity index (χ3v) is 16.7. The van der Waals surface area contributed by atoms with Gasteiger partial charge in [-0.05, 0) is 81.3 Å². The summed E-state index contributed by atoms with van der Waals surface area (Å²) in [6.45, 7) is 5.57. The van der Waals surface area contributed by atoms with Crippen LogP contribution in [0.3, 0.4) is 0 Å². The number of anilines is 2. The molecule has 0 radical (unpaired) electrons. The number of ether oxygens (including phenoxy) is 3. The Morgan fingerprint density at radius 3 is 2.35 bits per heavy atom. The van der Waals surface area contributed by atoms with Crippen LogP contribution in [0.25, 0.3) is 44.1 Å². The van der Waals surface area contributed by atoms with E-state index in [1.54, 1.807) is 25.4 Å². The third-order valence-electron chi connectivity index (χ3n) is 15.5. The molecule has 9 rings (SSSR count). The highest BCUT2D eigenvalue weighted by Gasteiger charge is 2.40. The number of thiazole rings is 1. The SMILES string of the molecule is CN[C@@H](C)C(=O)N[C@H](C(=O)N1CCC[C@H]1c1nc(-c2ccc(OCCOCCOCCN(C)C(=O)CCNc3nc(N4CCN(C(N)=O)CC4)c4cc(Cl)c(-c5c(O)cccc5F)c(F)c4n3)c3ccccc23)cs1)C1CCCCC1. The Bertz CT molecular complexity index is 3200. The lowest BCUT2D eigenvalue weighted by atomic mass is 9.83. The maximum Gasteiger partial charge on any atom is 0.314 e. The Kier molecular flexibility index (Phi) is 19.7. The van der Waals surface area contributed by atoms with Gasteiger partial charge in [0.05, 0.1) is 54.8 Å². The van der Waals surface area contributed by atoms with Crippen molar-refractivity contribution in [1.82, 2.24) is 40.3 Å². The highest BCUT2D eigenvalue weighted by atomic mass is 35.5. The molecule has 1 aliphatic carbocycles. The number of fused-ring (bicyclic) bond motifs is 2. The zero-order valence-corrected chi connectivity index (χ0v) is 47.4. The summed E-state index contributed by atoms with van der Waals surface area (Å²) < 4.78 is 49.4. The fraction of sp³-hybridized carbons (Fsp3) is 0.466. The summed E-state index contributed by atoms with van der Waals surface area (Å²) in [7, 11) is 3.41. The van der Waals surface area contributed by atoms with Crippen molar-refractivity contribution in [3.63, 3.8) is 0 Å². The summed E-state index contributed by atoms with van der Waals surface area (Å²) in [5.41, 5.74) is 6.34. The molecule has 2 aliphatic heterocycles. The predicted octanol–water partition coefficient (Wildman–Crippen LogP) is 8.12. The van der Waals surface area contributed by atoms with Crippen LogP contribution in [0.15, 0.2) is 66.0 Å². The zero-order chi connectivity index (χ0) is 57.2. The molecule has 2 aromatic heterocycles. The minimum Gasteiger partial charge on any atom is -0.507 e. The molecule has 3 atom stereocenters. The second-order valence-electron chi connectivity index (χ2n) is 20.6. The number of hydrogen-bond acceptors (Lipinski definition) is 15. The number of halogens is 3. The maximum absolute atomic E-state index is 16.5. The first kappa shape index (κ1) is 58.7. The smallest absolute Gasteiger partial charge is 0.314 e. The van der Waals surface area contributed by atoms with Gasteiger partial charge in [-0.1, -0.05) is 61.2 Å². The number of amides is 5. The molecule has 4 heterocycles. The minimum atomic E-state index is -0.971. The molecular formula is C58H70ClF2N11O8S. The zero-order valence-electron chi connectivity index (χ0n) is 45.9. The average molecular weight is 1150 g/mol. The molecule has 19 nitrogen and oxygen atoms in total. The lowest BCUT2D eigenvalue weighted by Crippen LogP contribution is -2.55. The number of primary amides is 1. The van der Waals surface area contributed by atoms with Gasteiger partial charge in [0.15, 0.2) is 5.82 Å². The Morgan fingerprint density at radius 2 is 1.60 bits per heavy atom. The molecule has 23 heteroatoms. The first-order chi connectivity index (χ1) is 39.2. The maximum atomic E-state index is 16.5. The Morgan fingerprint density at radius 1 is 0.864 bits per heavy atom. The standard InChI is InChI=1S/C58H70ClF2N11O8S/c1-35(63-2)54(75)66-51(36-11-5-4-6-12-36)56(76)72-22-10-16-44(72)55-65-43(34-81-55)38-18-19-46(39-14-8-7-13-37(38)39)80-32-31-79-30-29-78-28-27-69(3)47(74)20-21-64-58-67-52-40(53(68-58)70-23-25-71(26-24-70)57(62)77)33-41(59)48(50(52)61)49-42(60)15-9-17-45(49)73/h7-9,13-15,17-19,33-36,44,51,63,73H,4-6,10-12,16,20-32H2,1-3H3,(H2,62,77)(H,66,75)(H,64,67,68)/t35-,44-,51-/m0/s1. The van der Waals surface area contributed by atoms with Crippen molar-refractivity contribution in [1.29, 1.82) is 0 Å². The number of aromatic hydroxyl groups is 1. The number of likely N-dealkylation sites (N-methyl/N-ethyl adjacent to an activating group) is 2. The van der Waals surface area contributed by atoms with E-state index in [0.29, 0.717) is 64.2 Å². The summed E-state index contributed by atoms with van der Waals surface area (Å²) in [4.78, 5) is 73.5. The second kappa shape index (κ2) is 27.2. The van der Waals surface area contributed by atoms with Crippen molar-refractivity contribution < 1.29 is 47.3 Å². The number of carbonyl (C=O) groups is 4. The third kappa shape index (κ3) is 13.7. The van der Waals surface area contributed by atoms with E-state index in [-0.39, 0.29) is 89.8 Å². The normalized spacial score (nSPS) is 16.7. The van der Waals surface area contributed by atoms with Crippen LogP contribution in [0.5, 0.6) is 11.5 Å². The molecule has 432 valence electrons. The summed E-state index contributed by atoms with van der Waals surface area (Å²) in [6.07, 6.45) is 6.86. The summed E-state index contributed by atoms with van der Waals surface area (Å²) >= 11 is 8.14. The molecule has 4 aromatic carbocycles. The number of hydrogen-bond donors (Lipinski definition) is 5. The van der Waals surface area contributed by atoms with Gasteiger partial charge in [0.1, 0.15) is 46.3 Å². The van der Waals surface area contributed by atoms with Crippen molar-refractivity contribution in [2.75, 3.05) is 103 Å². The van der Waals surface area contributed by atoms with Crippen LogP contribution < -0.4 is 31.3 Å². The fourth-order valence-electron chi connectivity index (χ4n) is 10.9. The number of nitrogens with two attached hydrogens (primary N) is 1. The number of phenolic OH excluding ortho intramolecular Hbond substituents is 1. The van der Waals surface area contributed by atoms with Gasteiger partial charge in [-0.3, -0.25) is 14.4 Å². The molecular weight excluding hydrogens is 1080 g/mol. The number of nitrogens with one attached hydrogen (secondary N) is 3. The molecule has 6 aromatic rings. The number of benzene rings is 4. The summed E-state index contributed by atoms with van der Waals surface area (Å²) in [5, 5.41) is 24.6. The summed E-state index contributed by atoms with van der Waals surface area (Å²) in [6, 6.07) is 15.4. The molecule has 2 saturated heterocycles. The number of aromatic nitrogens is 3. The molecule has 81 heavy (non-hydrogen) atoms. The van der Waals surface area contributed by atoms with E-state index in [2.05, 4.69) is 37.4 Å². The quantitative estimate of drug-likeness (QED) is 0.0382. The molecule has 0 bridgehead atoms. The number of piperazine rings is 1. The molecule has 0 unspecified atom stereocenters. The number of carbonyl (C=O) groups excluding carboxylic acids is 4. The monoisotopic (exact) mass is 1150 g/mol. The van der Waals surface area contributed by atoms with Crippen LogP contribution in [0.1, 0.15) is 69.3 Å². The molecule has 3 aliphatic rings. The van der Waals surface area contributed by atoms with Gasteiger partial charge >= 0.3 is 6.03 Å². The van der Waals surface area contributed by atoms with Crippen LogP contribution in [-0.4, -0.2) is 164 Å². The Labute approximate surface area is 478 Å². The molecule has 0 spiro atoms. The fourth-order valence-corrected chi connectivity index (χ4v) is 12.1. The van der Waals surface area contributed by atoms with Crippen molar-refractivity contribution in [3.05, 3.63) is 87.7 Å². The van der Waals surface area contributed by atoms with Crippen molar-refractivity contribution in [3.8, 4) is 33.9 Å². The molecule has 1 saturated carbocycles. The van der Waals surface area contributed by atoms with Crippen molar-refractivity contribution >= 4 is 80.1 Å². The van der Waals surface area contributed by atoms with Crippen molar-refractivity contribution in [2.24, 2.45) is 11.7 Å². The number of nitrogens with zero attached hydrogens (tertiary/aromatic N) is 7. The minimum absolute atomic E-state index is 0.00251. The molecule has 6 N–H and O–H groups in total. The topological polar surface area (TPSA) is 230 Å². The van der Waals surface area contributed by atoms with Crippen LogP contribution in [0.4, 0.5) is 25.3 Å². The van der Waals surface area contributed by atoms with E-state index >= 15 is 8.78 Å². The second-order valence-corrected chi connectivity index (χ2v) is 21.9. The molecule has 3 fully saturated rings. The Hall–Kier alpha value is -6.98. The number of urea groups is 1. The van der Waals surface area contributed by atoms with Crippen LogP contribution in [0.2, 0.25) is 5.02 Å². The predicted molar refractivity (Wildman–Crippen MR) is 309 cm³/mol. The van der Waals surface area contributed by atoms with E-state index in [0.717, 1.165) is 78.0 Å². The molecule has 5 amide bonds. The highest BCUT2D eigenvalue weighted by Crippen LogP contribution is 2.44. The van der Waals surface area contributed by atoms with Crippen molar-refractivity contribution in [2.45, 2.75) is 76.4 Å². The number of rotatable bonds is 23. The van der Waals surface area contributed by atoms with Gasteiger partial charge < -0.3 is 60.6 Å². The lowest BCUT2D eigenvalue weighted by Gasteiger charge is -2.35. The van der Waals surface area contributed by atoms with E-state index in [4.69, 9.17) is 36.5 Å². The van der Waals surface area contributed by atoms with Gasteiger partial charge in [-0.15, -0.1) is 11.3 Å². The van der Waals surface area contributed by atoms with Gasteiger partial charge in [0.2, 0.25) is 23.7 Å². The van der Waals surface area contributed by atoms with E-state index in [1.165, 1.54) is 28.0 Å². The van der Waals surface area contributed by atoms with Gasteiger partial charge in [-0.2, -0.15) is 4.98 Å². The van der Waals surface area contributed by atoms with Gasteiger partial charge in [0, 0.05) is 86.6 Å². The van der Waals surface area contributed by atoms with Crippen LogP contribution >= 0.6 is 22.9 Å². The van der Waals surface area contributed by atoms with E-state index < -0.39 is 41.1 Å². The van der Waals surface area contributed by atoms with Gasteiger partial charge in [0.25, 0.3) is 0 Å². The van der Waals surface area contributed by atoms with Crippen LogP contribution in [-0.2, 0) is 23.9 Å². The van der Waals surface area contributed by atoms with E-state index in [1.807, 2.05) is 47.1 Å².